The van der Waals surface area contributed by atoms with Crippen LogP contribution in [0.1, 0.15) is 44.6 Å². The van der Waals surface area contributed by atoms with E-state index in [4.69, 9.17) is 9.84 Å². The summed E-state index contributed by atoms with van der Waals surface area (Å²) < 4.78 is 5.20. The molecule has 1 aliphatic heterocycles. The van der Waals surface area contributed by atoms with Crippen molar-refractivity contribution in [3.05, 3.63) is 35.9 Å². The number of rotatable bonds is 9. The Morgan fingerprint density at radius 2 is 2.00 bits per heavy atom. The van der Waals surface area contributed by atoms with Gasteiger partial charge in [-0.25, -0.2) is 0 Å². The lowest BCUT2D eigenvalue weighted by atomic mass is 10.00. The molecular formula is C21H30N2O5. The molecule has 0 bridgehead atoms. The maximum Gasteiger partial charge on any atom is 0.323 e. The molecule has 2 N–H and O–H groups in total. The van der Waals surface area contributed by atoms with Crippen LogP contribution in [0.5, 0.6) is 0 Å². The number of carboxylic acid groups (broad SMARTS) is 1. The van der Waals surface area contributed by atoms with Crippen LogP contribution in [0.3, 0.4) is 0 Å². The van der Waals surface area contributed by atoms with Crippen LogP contribution in [-0.4, -0.2) is 59.6 Å². The summed E-state index contributed by atoms with van der Waals surface area (Å²) in [4.78, 5) is 37.8. The zero-order valence-corrected chi connectivity index (χ0v) is 16.4. The molecule has 1 aliphatic rings. The van der Waals surface area contributed by atoms with Gasteiger partial charge < -0.3 is 14.7 Å². The van der Waals surface area contributed by atoms with E-state index in [1.54, 1.807) is 6.92 Å². The summed E-state index contributed by atoms with van der Waals surface area (Å²) in [6.07, 6.45) is 4.34. The predicted octanol–water partition coefficient (Wildman–Crippen LogP) is 2.00. The van der Waals surface area contributed by atoms with E-state index in [0.29, 0.717) is 25.8 Å². The monoisotopic (exact) mass is 390 g/mol. The van der Waals surface area contributed by atoms with Crippen molar-refractivity contribution < 1.29 is 24.2 Å². The Bertz CT molecular complexity index is 649. The number of carbonyl (C=O) groups is 3. The largest absolute Gasteiger partial charge is 0.480 e. The number of carboxylic acids is 1. The molecule has 0 aliphatic carbocycles. The lowest BCUT2D eigenvalue weighted by Gasteiger charge is -2.31. The second kappa shape index (κ2) is 11.4. The molecule has 7 nitrogen and oxygen atoms in total. The number of aliphatic carboxylic acids is 1. The molecule has 0 aromatic heterocycles. The fraction of sp³-hybridized carbons (Fsp3) is 0.571. The number of hydrogen-bond acceptors (Lipinski definition) is 5. The van der Waals surface area contributed by atoms with Crippen molar-refractivity contribution in [2.75, 3.05) is 19.7 Å². The number of nitrogens with zero attached hydrogens (tertiary/aromatic N) is 1. The fourth-order valence-electron chi connectivity index (χ4n) is 3.47. The molecule has 28 heavy (non-hydrogen) atoms. The highest BCUT2D eigenvalue weighted by Gasteiger charge is 2.31. The molecule has 2 unspecified atom stereocenters. The summed E-state index contributed by atoms with van der Waals surface area (Å²) >= 11 is 0. The normalized spacial score (nSPS) is 18.8. The Hall–Kier alpha value is -2.41. The summed E-state index contributed by atoms with van der Waals surface area (Å²) in [5.74, 6) is -1.66. The van der Waals surface area contributed by atoms with Gasteiger partial charge in [0.1, 0.15) is 12.6 Å². The standard InChI is InChI=1S/C21H30N2O5/c1-2-28-21(27)18(13-12-16-9-5-3-6-10-16)22-17-11-7-4-8-14-23(20(17)26)15-19(24)25/h3,5-6,9-10,17-18,22H,2,4,7-8,11-15H2,1H3,(H,24,25). The second-order valence-electron chi connectivity index (χ2n) is 7.05. The van der Waals surface area contributed by atoms with Gasteiger partial charge >= 0.3 is 11.9 Å². The molecule has 1 fully saturated rings. The second-order valence-corrected chi connectivity index (χ2v) is 7.05. The average Bonchev–Trinajstić information content (AvgIpc) is 2.67. The van der Waals surface area contributed by atoms with Gasteiger partial charge in [0.15, 0.2) is 0 Å². The number of aryl methyl sites for hydroxylation is 1. The van der Waals surface area contributed by atoms with Crippen molar-refractivity contribution in [2.24, 2.45) is 0 Å². The summed E-state index contributed by atoms with van der Waals surface area (Å²) in [6, 6.07) is 8.64. The van der Waals surface area contributed by atoms with Crippen molar-refractivity contribution in [3.63, 3.8) is 0 Å². The number of nitrogens with one attached hydrogen (secondary N) is 1. The van der Waals surface area contributed by atoms with E-state index >= 15 is 0 Å². The van der Waals surface area contributed by atoms with Gasteiger partial charge in [0, 0.05) is 6.54 Å². The average molecular weight is 390 g/mol. The van der Waals surface area contributed by atoms with E-state index < -0.39 is 18.1 Å². The zero-order valence-electron chi connectivity index (χ0n) is 16.4. The van der Waals surface area contributed by atoms with E-state index in [1.807, 2.05) is 30.3 Å². The molecule has 1 amide bonds. The number of benzene rings is 1. The van der Waals surface area contributed by atoms with Crippen molar-refractivity contribution in [3.8, 4) is 0 Å². The minimum atomic E-state index is -1.03. The van der Waals surface area contributed by atoms with Crippen LogP contribution < -0.4 is 5.32 Å². The Morgan fingerprint density at radius 1 is 1.25 bits per heavy atom. The van der Waals surface area contributed by atoms with E-state index in [-0.39, 0.29) is 25.0 Å². The van der Waals surface area contributed by atoms with Crippen LogP contribution in [0.4, 0.5) is 0 Å². The van der Waals surface area contributed by atoms with Crippen molar-refractivity contribution >= 4 is 17.8 Å². The van der Waals surface area contributed by atoms with Gasteiger partial charge in [-0.15, -0.1) is 0 Å². The molecule has 0 saturated carbocycles. The quantitative estimate of drug-likeness (QED) is 0.626. The van der Waals surface area contributed by atoms with Crippen molar-refractivity contribution in [2.45, 2.75) is 57.5 Å². The molecule has 1 aromatic rings. The highest BCUT2D eigenvalue weighted by atomic mass is 16.5. The van der Waals surface area contributed by atoms with Crippen LogP contribution in [0.15, 0.2) is 30.3 Å². The number of carbonyl (C=O) groups excluding carboxylic acids is 2. The highest BCUT2D eigenvalue weighted by molar-refractivity contribution is 5.86. The third kappa shape index (κ3) is 6.96. The predicted molar refractivity (Wildman–Crippen MR) is 105 cm³/mol. The first kappa shape index (κ1) is 21.9. The highest BCUT2D eigenvalue weighted by Crippen LogP contribution is 2.15. The lowest BCUT2D eigenvalue weighted by molar-refractivity contribution is -0.148. The third-order valence-corrected chi connectivity index (χ3v) is 4.89. The topological polar surface area (TPSA) is 95.9 Å². The van der Waals surface area contributed by atoms with Crippen LogP contribution in [0.25, 0.3) is 0 Å². The first-order valence-electron chi connectivity index (χ1n) is 9.98. The first-order chi connectivity index (χ1) is 13.5. The number of amides is 1. The van der Waals surface area contributed by atoms with Gasteiger partial charge in [-0.05, 0) is 38.2 Å². The summed E-state index contributed by atoms with van der Waals surface area (Å²) in [6.45, 7) is 2.14. The maximum atomic E-state index is 12.9. The van der Waals surface area contributed by atoms with E-state index in [1.165, 1.54) is 4.90 Å². The molecule has 2 rings (SSSR count). The van der Waals surface area contributed by atoms with E-state index in [0.717, 1.165) is 24.8 Å². The SMILES string of the molecule is CCOC(=O)C(CCc1ccccc1)NC1CCCCCN(CC(=O)O)C1=O. The maximum absolute atomic E-state index is 12.9. The summed E-state index contributed by atoms with van der Waals surface area (Å²) in [5.41, 5.74) is 1.11. The van der Waals surface area contributed by atoms with Gasteiger partial charge in [0.2, 0.25) is 5.91 Å². The Balaban J connectivity index is 2.08. The molecule has 1 saturated heterocycles. The molecule has 1 aromatic carbocycles. The Morgan fingerprint density at radius 3 is 2.68 bits per heavy atom. The zero-order chi connectivity index (χ0) is 20.4. The van der Waals surface area contributed by atoms with Crippen molar-refractivity contribution in [1.82, 2.24) is 10.2 Å². The number of esters is 1. The van der Waals surface area contributed by atoms with Gasteiger partial charge in [-0.3, -0.25) is 19.7 Å². The van der Waals surface area contributed by atoms with Gasteiger partial charge in [0.05, 0.1) is 12.6 Å². The molecule has 0 radical (unpaired) electrons. The summed E-state index contributed by atoms with van der Waals surface area (Å²) in [7, 11) is 0. The number of likely N-dealkylation sites (tertiary alicyclic amines) is 1. The fourth-order valence-corrected chi connectivity index (χ4v) is 3.47. The first-order valence-corrected chi connectivity index (χ1v) is 9.98. The van der Waals surface area contributed by atoms with Crippen LogP contribution in [-0.2, 0) is 25.5 Å². The Kier molecular flexibility index (Phi) is 8.94. The van der Waals surface area contributed by atoms with Crippen molar-refractivity contribution in [1.29, 1.82) is 0 Å². The number of hydrogen-bond donors (Lipinski definition) is 2. The third-order valence-electron chi connectivity index (χ3n) is 4.89. The smallest absolute Gasteiger partial charge is 0.323 e. The van der Waals surface area contributed by atoms with E-state index in [9.17, 15) is 14.4 Å². The molecule has 0 spiro atoms. The van der Waals surface area contributed by atoms with Gasteiger partial charge in [0.25, 0.3) is 0 Å². The molecule has 7 heteroatoms. The lowest BCUT2D eigenvalue weighted by Crippen LogP contribution is -2.54. The molecule has 1 heterocycles. The van der Waals surface area contributed by atoms with Crippen LogP contribution in [0, 0.1) is 0 Å². The minimum Gasteiger partial charge on any atom is -0.480 e. The Labute approximate surface area is 166 Å². The van der Waals surface area contributed by atoms with Gasteiger partial charge in [-0.1, -0.05) is 43.2 Å². The van der Waals surface area contributed by atoms with Gasteiger partial charge in [-0.2, -0.15) is 0 Å². The minimum absolute atomic E-state index is 0.254. The molecule has 154 valence electrons. The molecular weight excluding hydrogens is 360 g/mol. The summed E-state index contributed by atoms with van der Waals surface area (Å²) in [5, 5.41) is 12.3. The number of ether oxygens (including phenoxy) is 1. The van der Waals surface area contributed by atoms with E-state index in [2.05, 4.69) is 5.32 Å². The molecule has 2 atom stereocenters. The van der Waals surface area contributed by atoms with Crippen LogP contribution >= 0.6 is 0 Å². The van der Waals surface area contributed by atoms with Crippen LogP contribution in [0.2, 0.25) is 0 Å².